The van der Waals surface area contributed by atoms with Gasteiger partial charge in [0.15, 0.2) is 11.6 Å². The Morgan fingerprint density at radius 2 is 1.72 bits per heavy atom. The molecular formula is C14H14FNO2. The molecule has 2 rings (SSSR count). The third-order valence-corrected chi connectivity index (χ3v) is 2.72. The largest absolute Gasteiger partial charge is 0.508 e. The number of halogens is 1. The van der Waals surface area contributed by atoms with Gasteiger partial charge in [0.25, 0.3) is 0 Å². The Morgan fingerprint density at radius 3 is 2.33 bits per heavy atom. The van der Waals surface area contributed by atoms with Crippen LogP contribution in [0.3, 0.4) is 0 Å². The topological polar surface area (TPSA) is 52.5 Å². The summed E-state index contributed by atoms with van der Waals surface area (Å²) in [6.07, 6.45) is 0. The molecule has 0 saturated carbocycles. The van der Waals surface area contributed by atoms with Gasteiger partial charge >= 0.3 is 0 Å². The average molecular weight is 247 g/mol. The summed E-state index contributed by atoms with van der Waals surface area (Å²) in [4.78, 5) is 0. The van der Waals surface area contributed by atoms with Gasteiger partial charge in [0.1, 0.15) is 5.75 Å². The maximum Gasteiger partial charge on any atom is 0.166 e. The number of hydrogen-bond acceptors (Lipinski definition) is 3. The van der Waals surface area contributed by atoms with Crippen molar-refractivity contribution in [3.05, 3.63) is 53.8 Å². The fraction of sp³-hybridized carbons (Fsp3) is 0.143. The first-order chi connectivity index (χ1) is 8.56. The first kappa shape index (κ1) is 12.2. The van der Waals surface area contributed by atoms with Crippen LogP contribution in [0.5, 0.6) is 11.5 Å². The minimum absolute atomic E-state index is 0.0328. The molecular weight excluding hydrogens is 233 g/mol. The smallest absolute Gasteiger partial charge is 0.166 e. The number of aromatic hydroxyl groups is 2. The maximum absolute atomic E-state index is 13.2. The number of rotatable bonds is 3. The van der Waals surface area contributed by atoms with Gasteiger partial charge in [0.2, 0.25) is 0 Å². The minimum atomic E-state index is -0.655. The lowest BCUT2D eigenvalue weighted by atomic mass is 10.1. The second-order valence-electron chi connectivity index (χ2n) is 4.12. The zero-order valence-corrected chi connectivity index (χ0v) is 9.89. The van der Waals surface area contributed by atoms with Gasteiger partial charge < -0.3 is 15.5 Å². The zero-order chi connectivity index (χ0) is 13.1. The van der Waals surface area contributed by atoms with Crippen molar-refractivity contribution in [2.75, 3.05) is 5.32 Å². The lowest BCUT2D eigenvalue weighted by Crippen LogP contribution is -2.06. The molecule has 94 valence electrons. The number of nitrogens with one attached hydrogen (secondary N) is 1. The Kier molecular flexibility index (Phi) is 3.37. The Hall–Kier alpha value is -2.23. The SMILES string of the molecule is CC(Nc1ccc(O)c(F)c1)c1ccc(O)cc1. The van der Waals surface area contributed by atoms with Gasteiger partial charge in [-0.2, -0.15) is 0 Å². The average Bonchev–Trinajstić information content (AvgIpc) is 2.34. The van der Waals surface area contributed by atoms with Crippen molar-refractivity contribution >= 4 is 5.69 Å². The fourth-order valence-electron chi connectivity index (χ4n) is 1.69. The van der Waals surface area contributed by atoms with Crippen molar-refractivity contribution in [2.24, 2.45) is 0 Å². The third kappa shape index (κ3) is 2.71. The molecule has 3 nitrogen and oxygen atoms in total. The van der Waals surface area contributed by atoms with Crippen LogP contribution in [0, 0.1) is 5.82 Å². The number of anilines is 1. The van der Waals surface area contributed by atoms with E-state index in [1.165, 1.54) is 12.1 Å². The molecule has 1 atom stereocenters. The molecule has 0 aliphatic heterocycles. The van der Waals surface area contributed by atoms with E-state index in [2.05, 4.69) is 5.32 Å². The second kappa shape index (κ2) is 4.96. The lowest BCUT2D eigenvalue weighted by molar-refractivity contribution is 0.432. The van der Waals surface area contributed by atoms with Crippen LogP contribution in [0.2, 0.25) is 0 Å². The van der Waals surface area contributed by atoms with Gasteiger partial charge in [0, 0.05) is 17.8 Å². The standard InChI is InChI=1S/C14H14FNO2/c1-9(10-2-5-12(17)6-3-10)16-11-4-7-14(18)13(15)8-11/h2-9,16-18H,1H3. The molecule has 0 aliphatic carbocycles. The van der Waals surface area contributed by atoms with Crippen molar-refractivity contribution in [1.82, 2.24) is 0 Å². The highest BCUT2D eigenvalue weighted by atomic mass is 19.1. The molecule has 0 amide bonds. The molecule has 18 heavy (non-hydrogen) atoms. The Bertz CT molecular complexity index is 540. The number of phenols is 2. The van der Waals surface area contributed by atoms with E-state index in [1.54, 1.807) is 30.3 Å². The monoisotopic (exact) mass is 247 g/mol. The molecule has 1 unspecified atom stereocenters. The highest BCUT2D eigenvalue weighted by molar-refractivity contribution is 5.48. The fourth-order valence-corrected chi connectivity index (χ4v) is 1.69. The zero-order valence-electron chi connectivity index (χ0n) is 9.89. The predicted molar refractivity (Wildman–Crippen MR) is 68.2 cm³/mol. The van der Waals surface area contributed by atoms with E-state index in [0.29, 0.717) is 5.69 Å². The summed E-state index contributed by atoms with van der Waals surface area (Å²) in [5, 5.41) is 21.4. The van der Waals surface area contributed by atoms with Gasteiger partial charge in [-0.25, -0.2) is 4.39 Å². The van der Waals surface area contributed by atoms with Gasteiger partial charge in [-0.05, 0) is 36.8 Å². The van der Waals surface area contributed by atoms with Gasteiger partial charge in [-0.15, -0.1) is 0 Å². The lowest BCUT2D eigenvalue weighted by Gasteiger charge is -2.16. The van der Waals surface area contributed by atoms with Crippen LogP contribution < -0.4 is 5.32 Å². The number of benzene rings is 2. The molecule has 3 N–H and O–H groups in total. The van der Waals surface area contributed by atoms with Crippen LogP contribution >= 0.6 is 0 Å². The first-order valence-corrected chi connectivity index (χ1v) is 5.60. The highest BCUT2D eigenvalue weighted by Gasteiger charge is 2.07. The Morgan fingerprint density at radius 1 is 1.06 bits per heavy atom. The van der Waals surface area contributed by atoms with E-state index in [0.717, 1.165) is 5.56 Å². The first-order valence-electron chi connectivity index (χ1n) is 5.60. The van der Waals surface area contributed by atoms with Crippen molar-refractivity contribution in [1.29, 1.82) is 0 Å². The van der Waals surface area contributed by atoms with Crippen LogP contribution in [0.1, 0.15) is 18.5 Å². The summed E-state index contributed by atoms with van der Waals surface area (Å²) in [6.45, 7) is 1.93. The molecule has 4 heteroatoms. The molecule has 0 spiro atoms. The summed E-state index contributed by atoms with van der Waals surface area (Å²) in [5.41, 5.74) is 1.56. The van der Waals surface area contributed by atoms with Gasteiger partial charge in [0.05, 0.1) is 0 Å². The predicted octanol–water partition coefficient (Wildman–Crippen LogP) is 3.41. The molecule has 0 aromatic heterocycles. The van der Waals surface area contributed by atoms with Crippen LogP contribution in [0.25, 0.3) is 0 Å². The summed E-state index contributed by atoms with van der Waals surface area (Å²) < 4.78 is 13.2. The Labute approximate surface area is 105 Å². The highest BCUT2D eigenvalue weighted by Crippen LogP contribution is 2.24. The third-order valence-electron chi connectivity index (χ3n) is 2.72. The van der Waals surface area contributed by atoms with Crippen LogP contribution in [-0.4, -0.2) is 10.2 Å². The molecule has 0 aliphatic rings. The van der Waals surface area contributed by atoms with Crippen LogP contribution in [0.4, 0.5) is 10.1 Å². The van der Waals surface area contributed by atoms with E-state index >= 15 is 0 Å². The van der Waals surface area contributed by atoms with E-state index in [4.69, 9.17) is 5.11 Å². The van der Waals surface area contributed by atoms with Crippen LogP contribution in [0.15, 0.2) is 42.5 Å². The summed E-state index contributed by atoms with van der Waals surface area (Å²) >= 11 is 0. The number of hydrogen-bond donors (Lipinski definition) is 3. The van der Waals surface area contributed by atoms with Crippen LogP contribution in [-0.2, 0) is 0 Å². The molecule has 0 radical (unpaired) electrons. The summed E-state index contributed by atoms with van der Waals surface area (Å²) in [7, 11) is 0. The van der Waals surface area contributed by atoms with Crippen molar-refractivity contribution in [3.8, 4) is 11.5 Å². The molecule has 0 saturated heterocycles. The molecule has 0 heterocycles. The van der Waals surface area contributed by atoms with E-state index in [-0.39, 0.29) is 17.5 Å². The molecule has 2 aromatic carbocycles. The summed E-state index contributed by atoms with van der Waals surface area (Å²) in [6, 6.07) is 10.9. The molecule has 0 bridgehead atoms. The van der Waals surface area contributed by atoms with Gasteiger partial charge in [-0.1, -0.05) is 12.1 Å². The maximum atomic E-state index is 13.2. The van der Waals surface area contributed by atoms with Crippen molar-refractivity contribution in [3.63, 3.8) is 0 Å². The quantitative estimate of drug-likeness (QED) is 0.728. The van der Waals surface area contributed by atoms with E-state index < -0.39 is 5.82 Å². The minimum Gasteiger partial charge on any atom is -0.508 e. The van der Waals surface area contributed by atoms with E-state index in [9.17, 15) is 9.50 Å². The Balaban J connectivity index is 2.13. The number of phenolic OH excluding ortho intramolecular Hbond substituents is 2. The normalized spacial score (nSPS) is 12.1. The molecule has 2 aromatic rings. The summed E-state index contributed by atoms with van der Waals surface area (Å²) in [5.74, 6) is -0.808. The van der Waals surface area contributed by atoms with Gasteiger partial charge in [-0.3, -0.25) is 0 Å². The second-order valence-corrected chi connectivity index (χ2v) is 4.12. The van der Waals surface area contributed by atoms with Crippen molar-refractivity contribution in [2.45, 2.75) is 13.0 Å². The molecule has 0 fully saturated rings. The van der Waals surface area contributed by atoms with Crippen molar-refractivity contribution < 1.29 is 14.6 Å². The van der Waals surface area contributed by atoms with E-state index in [1.807, 2.05) is 6.92 Å².